The Labute approximate surface area is 163 Å². The van der Waals surface area contributed by atoms with Gasteiger partial charge < -0.3 is 0 Å². The van der Waals surface area contributed by atoms with Gasteiger partial charge in [-0.25, -0.2) is 18.1 Å². The Morgan fingerprint density at radius 3 is 2.52 bits per heavy atom. The molecule has 3 rings (SSSR count). The first kappa shape index (κ1) is 19.3. The molecule has 0 saturated heterocycles. The maximum atomic E-state index is 12.6. The standard InChI is InChI=1S/C20H20N2O3S2/c1-13-7-8-16(9-14(13)2)10-19(23)22-27(24,25)18-6-4-5-17(11-18)20-21-15(3)12-26-20/h4-9,11-12H,10H2,1-3H3,(H,22,23). The van der Waals surface area contributed by atoms with Crippen LogP contribution in [0.25, 0.3) is 10.6 Å². The summed E-state index contributed by atoms with van der Waals surface area (Å²) in [6.07, 6.45) is 0.00567. The molecular formula is C20H20N2O3S2. The summed E-state index contributed by atoms with van der Waals surface area (Å²) in [4.78, 5) is 16.7. The number of hydrogen-bond acceptors (Lipinski definition) is 5. The van der Waals surface area contributed by atoms with Gasteiger partial charge >= 0.3 is 0 Å². The molecule has 0 atom stereocenters. The summed E-state index contributed by atoms with van der Waals surface area (Å²) in [7, 11) is -3.94. The minimum absolute atomic E-state index is 0.00567. The number of hydrogen-bond donors (Lipinski definition) is 1. The van der Waals surface area contributed by atoms with Crippen LogP contribution < -0.4 is 4.72 Å². The summed E-state index contributed by atoms with van der Waals surface area (Å²) in [5, 5.41) is 2.65. The molecule has 1 aromatic heterocycles. The second-order valence-corrected chi connectivity index (χ2v) is 8.99. The molecule has 0 spiro atoms. The molecule has 0 aliphatic rings. The van der Waals surface area contributed by atoms with Gasteiger partial charge in [0.1, 0.15) is 5.01 Å². The third kappa shape index (κ3) is 4.61. The summed E-state index contributed by atoms with van der Waals surface area (Å²) >= 11 is 1.45. The van der Waals surface area contributed by atoms with Crippen LogP contribution in [0.3, 0.4) is 0 Å². The highest BCUT2D eigenvalue weighted by Crippen LogP contribution is 2.25. The van der Waals surface area contributed by atoms with Crippen LogP contribution in [-0.4, -0.2) is 19.3 Å². The van der Waals surface area contributed by atoms with Gasteiger partial charge in [0.25, 0.3) is 10.0 Å². The van der Waals surface area contributed by atoms with Crippen molar-refractivity contribution < 1.29 is 13.2 Å². The van der Waals surface area contributed by atoms with E-state index in [4.69, 9.17) is 0 Å². The first-order valence-corrected chi connectivity index (χ1v) is 10.8. The average molecular weight is 401 g/mol. The molecule has 2 aromatic carbocycles. The molecule has 3 aromatic rings. The molecule has 140 valence electrons. The van der Waals surface area contributed by atoms with E-state index in [0.29, 0.717) is 5.56 Å². The Hall–Kier alpha value is -2.51. The van der Waals surface area contributed by atoms with E-state index in [1.165, 1.54) is 23.5 Å². The number of carbonyl (C=O) groups is 1. The maximum absolute atomic E-state index is 12.6. The zero-order valence-corrected chi connectivity index (χ0v) is 16.9. The fraction of sp³-hybridized carbons (Fsp3) is 0.200. The Morgan fingerprint density at radius 1 is 1.07 bits per heavy atom. The molecular weight excluding hydrogens is 380 g/mol. The molecule has 5 nitrogen and oxygen atoms in total. The molecule has 0 aliphatic heterocycles. The quantitative estimate of drug-likeness (QED) is 0.707. The summed E-state index contributed by atoms with van der Waals surface area (Å²) in [5.74, 6) is -0.561. The maximum Gasteiger partial charge on any atom is 0.264 e. The van der Waals surface area contributed by atoms with E-state index >= 15 is 0 Å². The van der Waals surface area contributed by atoms with Crippen LogP contribution in [0, 0.1) is 20.8 Å². The van der Waals surface area contributed by atoms with Crippen molar-refractivity contribution >= 4 is 27.3 Å². The Balaban J connectivity index is 1.78. The van der Waals surface area contributed by atoms with Crippen molar-refractivity contribution in [1.82, 2.24) is 9.71 Å². The lowest BCUT2D eigenvalue weighted by Crippen LogP contribution is -2.31. The Morgan fingerprint density at radius 2 is 1.85 bits per heavy atom. The van der Waals surface area contributed by atoms with Crippen molar-refractivity contribution in [2.24, 2.45) is 0 Å². The van der Waals surface area contributed by atoms with Crippen molar-refractivity contribution in [2.45, 2.75) is 32.1 Å². The van der Waals surface area contributed by atoms with Gasteiger partial charge in [-0.05, 0) is 49.6 Å². The number of amides is 1. The van der Waals surface area contributed by atoms with Crippen LogP contribution in [0.15, 0.2) is 52.7 Å². The lowest BCUT2D eigenvalue weighted by Gasteiger charge is -2.09. The topological polar surface area (TPSA) is 76.1 Å². The van der Waals surface area contributed by atoms with Gasteiger partial charge in [-0.15, -0.1) is 11.3 Å². The fourth-order valence-electron chi connectivity index (χ4n) is 2.63. The first-order valence-electron chi connectivity index (χ1n) is 8.39. The van der Waals surface area contributed by atoms with Crippen LogP contribution >= 0.6 is 11.3 Å². The van der Waals surface area contributed by atoms with Gasteiger partial charge in [0, 0.05) is 16.6 Å². The second kappa shape index (κ2) is 7.62. The molecule has 27 heavy (non-hydrogen) atoms. The number of benzene rings is 2. The summed E-state index contributed by atoms with van der Waals surface area (Å²) in [6, 6.07) is 12.1. The van der Waals surface area contributed by atoms with Crippen molar-refractivity contribution in [3.05, 3.63) is 70.2 Å². The highest BCUT2D eigenvalue weighted by atomic mass is 32.2. The molecule has 0 unspecified atom stereocenters. The Kier molecular flexibility index (Phi) is 5.43. The smallest absolute Gasteiger partial charge is 0.264 e. The van der Waals surface area contributed by atoms with Crippen LogP contribution in [0.5, 0.6) is 0 Å². The third-order valence-electron chi connectivity index (χ3n) is 4.19. The minimum Gasteiger partial charge on any atom is -0.274 e. The lowest BCUT2D eigenvalue weighted by atomic mass is 10.0. The van der Waals surface area contributed by atoms with Crippen LogP contribution in [0.4, 0.5) is 0 Å². The number of nitrogens with zero attached hydrogens (tertiary/aromatic N) is 1. The normalized spacial score (nSPS) is 11.4. The number of nitrogens with one attached hydrogen (secondary N) is 1. The second-order valence-electron chi connectivity index (χ2n) is 6.45. The molecule has 0 fully saturated rings. The van der Waals surface area contributed by atoms with Gasteiger partial charge in [-0.3, -0.25) is 4.79 Å². The largest absolute Gasteiger partial charge is 0.274 e. The van der Waals surface area contributed by atoms with Gasteiger partial charge in [0.2, 0.25) is 5.91 Å². The number of aryl methyl sites for hydroxylation is 3. The van der Waals surface area contributed by atoms with E-state index in [1.54, 1.807) is 12.1 Å². The summed E-state index contributed by atoms with van der Waals surface area (Å²) in [6.45, 7) is 5.83. The molecule has 1 amide bonds. The van der Waals surface area contributed by atoms with Gasteiger partial charge in [-0.2, -0.15) is 0 Å². The summed E-state index contributed by atoms with van der Waals surface area (Å²) in [5.41, 5.74) is 4.55. The van der Waals surface area contributed by atoms with E-state index in [-0.39, 0.29) is 11.3 Å². The van der Waals surface area contributed by atoms with Crippen LogP contribution in [0.1, 0.15) is 22.4 Å². The number of rotatable bonds is 5. The highest BCUT2D eigenvalue weighted by Gasteiger charge is 2.19. The predicted molar refractivity (Wildman–Crippen MR) is 107 cm³/mol. The van der Waals surface area contributed by atoms with E-state index in [2.05, 4.69) is 9.71 Å². The average Bonchev–Trinajstić information content (AvgIpc) is 3.04. The van der Waals surface area contributed by atoms with Crippen molar-refractivity contribution in [3.63, 3.8) is 0 Å². The zero-order chi connectivity index (χ0) is 19.6. The fourth-order valence-corrected chi connectivity index (χ4v) is 4.45. The van der Waals surface area contributed by atoms with Gasteiger partial charge in [0.15, 0.2) is 0 Å². The lowest BCUT2D eigenvalue weighted by molar-refractivity contribution is -0.118. The predicted octanol–water partition coefficient (Wildman–Crippen LogP) is 3.78. The molecule has 1 heterocycles. The van der Waals surface area contributed by atoms with E-state index in [9.17, 15) is 13.2 Å². The van der Waals surface area contributed by atoms with Crippen LogP contribution in [-0.2, 0) is 21.2 Å². The molecule has 0 radical (unpaired) electrons. The SMILES string of the molecule is Cc1csc(-c2cccc(S(=O)(=O)NC(=O)Cc3ccc(C)c(C)c3)c2)n1. The van der Waals surface area contributed by atoms with E-state index in [1.807, 2.05) is 44.4 Å². The molecule has 1 N–H and O–H groups in total. The number of thiazole rings is 1. The third-order valence-corrected chi connectivity index (χ3v) is 6.57. The Bertz CT molecular complexity index is 1100. The number of carbonyl (C=O) groups excluding carboxylic acids is 1. The zero-order valence-electron chi connectivity index (χ0n) is 15.3. The van der Waals surface area contributed by atoms with Crippen molar-refractivity contribution in [2.75, 3.05) is 0 Å². The van der Waals surface area contributed by atoms with Gasteiger partial charge in [-0.1, -0.05) is 30.3 Å². The van der Waals surface area contributed by atoms with E-state index in [0.717, 1.165) is 27.4 Å². The van der Waals surface area contributed by atoms with Crippen molar-refractivity contribution in [1.29, 1.82) is 0 Å². The molecule has 7 heteroatoms. The van der Waals surface area contributed by atoms with E-state index < -0.39 is 15.9 Å². The van der Waals surface area contributed by atoms with Crippen LogP contribution in [0.2, 0.25) is 0 Å². The van der Waals surface area contributed by atoms with Crippen molar-refractivity contribution in [3.8, 4) is 10.6 Å². The monoisotopic (exact) mass is 400 g/mol. The molecule has 0 saturated carbocycles. The molecule has 0 aliphatic carbocycles. The minimum atomic E-state index is -3.94. The number of sulfonamides is 1. The first-order chi connectivity index (χ1) is 12.7. The number of aromatic nitrogens is 1. The highest BCUT2D eigenvalue weighted by molar-refractivity contribution is 7.90. The van der Waals surface area contributed by atoms with Gasteiger partial charge in [0.05, 0.1) is 11.3 Å². The summed E-state index contributed by atoms with van der Waals surface area (Å²) < 4.78 is 27.3. The molecule has 0 bridgehead atoms.